The molecule has 1 aromatic rings. The number of aromatic hydroxyl groups is 1. The van der Waals surface area contributed by atoms with E-state index in [1.54, 1.807) is 0 Å². The predicted octanol–water partition coefficient (Wildman–Crippen LogP) is 2.40. The zero-order chi connectivity index (χ0) is 14.4. The zero-order valence-electron chi connectivity index (χ0n) is 10.9. The number of anilines is 1. The second-order valence-electron chi connectivity index (χ2n) is 4.30. The largest absolute Gasteiger partial charge is 0.505 e. The lowest BCUT2D eigenvalue weighted by Crippen LogP contribution is -2.36. The highest BCUT2D eigenvalue weighted by molar-refractivity contribution is 5.97. The lowest BCUT2D eigenvalue weighted by molar-refractivity contribution is 0.0693. The maximum absolute atomic E-state index is 11.7. The minimum atomic E-state index is -1.25. The first-order chi connectivity index (χ1) is 8.95. The van der Waals surface area contributed by atoms with Crippen LogP contribution >= 0.6 is 0 Å². The van der Waals surface area contributed by atoms with Crippen molar-refractivity contribution >= 4 is 17.7 Å². The summed E-state index contributed by atoms with van der Waals surface area (Å²) in [5, 5.41) is 23.7. The maximum atomic E-state index is 11.7. The molecule has 2 amide bonds. The number of carboxylic acid groups (broad SMARTS) is 1. The fourth-order valence-electron chi connectivity index (χ4n) is 1.70. The molecule has 19 heavy (non-hydrogen) atoms. The van der Waals surface area contributed by atoms with Gasteiger partial charge in [-0.15, -0.1) is 0 Å². The predicted molar refractivity (Wildman–Crippen MR) is 71.6 cm³/mol. The van der Waals surface area contributed by atoms with Gasteiger partial charge < -0.3 is 20.8 Å². The van der Waals surface area contributed by atoms with Gasteiger partial charge in [0, 0.05) is 6.04 Å². The summed E-state index contributed by atoms with van der Waals surface area (Å²) in [5.74, 6) is -1.70. The standard InChI is InChI=1S/C13H18N2O4/c1-3-5-8(2)14-13(19)15-10-7-4-6-9(11(10)16)12(17)18/h4,6-8,16H,3,5H2,1-2H3,(H,17,18)(H2,14,15,19). The summed E-state index contributed by atoms with van der Waals surface area (Å²) in [4.78, 5) is 22.5. The smallest absolute Gasteiger partial charge is 0.339 e. The van der Waals surface area contributed by atoms with Crippen molar-refractivity contribution in [3.63, 3.8) is 0 Å². The highest BCUT2D eigenvalue weighted by atomic mass is 16.4. The van der Waals surface area contributed by atoms with E-state index in [9.17, 15) is 14.7 Å². The third kappa shape index (κ3) is 4.17. The van der Waals surface area contributed by atoms with Crippen molar-refractivity contribution in [2.45, 2.75) is 32.7 Å². The van der Waals surface area contributed by atoms with Crippen LogP contribution in [-0.2, 0) is 0 Å². The molecular weight excluding hydrogens is 248 g/mol. The first kappa shape index (κ1) is 14.8. The van der Waals surface area contributed by atoms with E-state index in [1.165, 1.54) is 18.2 Å². The van der Waals surface area contributed by atoms with Gasteiger partial charge in [-0.2, -0.15) is 0 Å². The molecule has 0 aliphatic heterocycles. The summed E-state index contributed by atoms with van der Waals surface area (Å²) in [5.41, 5.74) is -0.180. The second kappa shape index (κ2) is 6.63. The Balaban J connectivity index is 2.75. The number of hydrogen-bond donors (Lipinski definition) is 4. The fraction of sp³-hybridized carbons (Fsp3) is 0.385. The van der Waals surface area contributed by atoms with E-state index in [1.807, 2.05) is 13.8 Å². The van der Waals surface area contributed by atoms with Crippen LogP contribution in [0.25, 0.3) is 0 Å². The number of carbonyl (C=O) groups is 2. The average Bonchev–Trinajstić information content (AvgIpc) is 2.31. The van der Waals surface area contributed by atoms with Crippen molar-refractivity contribution < 1.29 is 19.8 Å². The van der Waals surface area contributed by atoms with Gasteiger partial charge in [0.05, 0.1) is 5.69 Å². The van der Waals surface area contributed by atoms with E-state index in [0.717, 1.165) is 12.8 Å². The van der Waals surface area contributed by atoms with Crippen LogP contribution in [0, 0.1) is 0 Å². The first-order valence-corrected chi connectivity index (χ1v) is 6.08. The van der Waals surface area contributed by atoms with Gasteiger partial charge in [0.2, 0.25) is 0 Å². The molecule has 1 aromatic carbocycles. The topological polar surface area (TPSA) is 98.7 Å². The maximum Gasteiger partial charge on any atom is 0.339 e. The molecule has 0 bridgehead atoms. The van der Waals surface area contributed by atoms with Gasteiger partial charge >= 0.3 is 12.0 Å². The van der Waals surface area contributed by atoms with Gasteiger partial charge in [-0.25, -0.2) is 9.59 Å². The molecule has 1 unspecified atom stereocenters. The van der Waals surface area contributed by atoms with Gasteiger partial charge in [-0.05, 0) is 25.5 Å². The summed E-state index contributed by atoms with van der Waals surface area (Å²) >= 11 is 0. The van der Waals surface area contributed by atoms with Gasteiger partial charge in [0.25, 0.3) is 0 Å². The Kier molecular flexibility index (Phi) is 5.17. The lowest BCUT2D eigenvalue weighted by atomic mass is 10.1. The Morgan fingerprint density at radius 2 is 2.05 bits per heavy atom. The monoisotopic (exact) mass is 266 g/mol. The number of carbonyl (C=O) groups excluding carboxylic acids is 1. The van der Waals surface area contributed by atoms with Gasteiger partial charge in [-0.3, -0.25) is 0 Å². The molecule has 0 radical (unpaired) electrons. The van der Waals surface area contributed by atoms with Crippen molar-refractivity contribution in [2.75, 3.05) is 5.32 Å². The van der Waals surface area contributed by atoms with Gasteiger partial charge in [0.15, 0.2) is 5.75 Å². The fourth-order valence-corrected chi connectivity index (χ4v) is 1.70. The Hall–Kier alpha value is -2.24. The Morgan fingerprint density at radius 1 is 1.37 bits per heavy atom. The lowest BCUT2D eigenvalue weighted by Gasteiger charge is -2.14. The van der Waals surface area contributed by atoms with E-state index in [-0.39, 0.29) is 17.3 Å². The molecule has 6 nitrogen and oxygen atoms in total. The SMILES string of the molecule is CCCC(C)NC(=O)Nc1cccc(C(=O)O)c1O. The van der Waals surface area contributed by atoms with E-state index in [4.69, 9.17) is 5.11 Å². The summed E-state index contributed by atoms with van der Waals surface area (Å²) in [6.07, 6.45) is 1.79. The van der Waals surface area contributed by atoms with Crippen LogP contribution in [0.4, 0.5) is 10.5 Å². The van der Waals surface area contributed by atoms with Crippen LogP contribution < -0.4 is 10.6 Å². The van der Waals surface area contributed by atoms with Crippen molar-refractivity contribution in [3.05, 3.63) is 23.8 Å². The van der Waals surface area contributed by atoms with Crippen molar-refractivity contribution in [1.82, 2.24) is 5.32 Å². The molecule has 0 aliphatic carbocycles. The summed E-state index contributed by atoms with van der Waals surface area (Å²) in [6.45, 7) is 3.88. The van der Waals surface area contributed by atoms with Crippen LogP contribution in [0.5, 0.6) is 5.75 Å². The summed E-state index contributed by atoms with van der Waals surface area (Å²) < 4.78 is 0. The highest BCUT2D eigenvalue weighted by Crippen LogP contribution is 2.27. The quantitative estimate of drug-likeness (QED) is 0.615. The van der Waals surface area contributed by atoms with Crippen LogP contribution in [0.15, 0.2) is 18.2 Å². The van der Waals surface area contributed by atoms with Crippen LogP contribution in [-0.4, -0.2) is 28.3 Å². The number of hydrogen-bond acceptors (Lipinski definition) is 3. The molecule has 104 valence electrons. The number of aromatic carboxylic acids is 1. The third-order valence-corrected chi connectivity index (χ3v) is 2.61. The number of carboxylic acids is 1. The molecule has 1 rings (SSSR count). The third-order valence-electron chi connectivity index (χ3n) is 2.61. The zero-order valence-corrected chi connectivity index (χ0v) is 10.9. The molecule has 0 fully saturated rings. The molecule has 0 saturated heterocycles. The molecule has 0 saturated carbocycles. The molecular formula is C13H18N2O4. The molecule has 0 heterocycles. The number of benzene rings is 1. The highest BCUT2D eigenvalue weighted by Gasteiger charge is 2.15. The van der Waals surface area contributed by atoms with Crippen molar-refractivity contribution in [1.29, 1.82) is 0 Å². The van der Waals surface area contributed by atoms with E-state index in [0.29, 0.717) is 0 Å². The molecule has 0 aliphatic rings. The minimum Gasteiger partial charge on any atom is -0.505 e. The van der Waals surface area contributed by atoms with Crippen LogP contribution in [0.1, 0.15) is 37.0 Å². The summed E-state index contributed by atoms with van der Waals surface area (Å²) in [6, 6.07) is 3.69. The minimum absolute atomic E-state index is 0.00907. The Morgan fingerprint density at radius 3 is 2.63 bits per heavy atom. The van der Waals surface area contributed by atoms with Crippen molar-refractivity contribution in [3.8, 4) is 5.75 Å². The number of rotatable bonds is 5. The van der Waals surface area contributed by atoms with E-state index >= 15 is 0 Å². The Labute approximate surface area is 111 Å². The van der Waals surface area contributed by atoms with Gasteiger partial charge in [0.1, 0.15) is 5.56 Å². The number of nitrogens with one attached hydrogen (secondary N) is 2. The summed E-state index contributed by atoms with van der Waals surface area (Å²) in [7, 11) is 0. The second-order valence-corrected chi connectivity index (χ2v) is 4.30. The van der Waals surface area contributed by atoms with Crippen LogP contribution in [0.3, 0.4) is 0 Å². The van der Waals surface area contributed by atoms with E-state index in [2.05, 4.69) is 10.6 Å². The average molecular weight is 266 g/mol. The molecule has 1 atom stereocenters. The molecule has 4 N–H and O–H groups in total. The normalized spacial score (nSPS) is 11.7. The molecule has 6 heteroatoms. The number of para-hydroxylation sites is 1. The number of phenols is 1. The van der Waals surface area contributed by atoms with Crippen molar-refractivity contribution in [2.24, 2.45) is 0 Å². The van der Waals surface area contributed by atoms with Crippen LogP contribution in [0.2, 0.25) is 0 Å². The molecule has 0 aromatic heterocycles. The van der Waals surface area contributed by atoms with Gasteiger partial charge in [-0.1, -0.05) is 19.4 Å². The number of urea groups is 1. The first-order valence-electron chi connectivity index (χ1n) is 6.08. The Bertz CT molecular complexity index is 474. The van der Waals surface area contributed by atoms with E-state index < -0.39 is 17.7 Å². The molecule has 0 spiro atoms. The number of amides is 2.